The molecule has 1 aromatic heterocycles. The first-order valence-electron chi connectivity index (χ1n) is 9.38. The number of phenolic OH excluding ortho intramolecular Hbond substituents is 1. The Hall–Kier alpha value is -3.44. The smallest absolute Gasteiger partial charge is 0.203 e. The molecule has 5 heteroatoms. The Morgan fingerprint density at radius 3 is 2.10 bits per heavy atom. The highest BCUT2D eigenvalue weighted by Gasteiger charge is 2.20. The number of benzene rings is 3. The number of fused-ring (bicyclic) bond motifs is 1. The van der Waals surface area contributed by atoms with Crippen LogP contribution in [0.4, 0.5) is 0 Å². The van der Waals surface area contributed by atoms with Crippen LogP contribution < -0.4 is 14.2 Å². The summed E-state index contributed by atoms with van der Waals surface area (Å²) >= 11 is 1.70. The van der Waals surface area contributed by atoms with E-state index in [1.54, 1.807) is 44.8 Å². The van der Waals surface area contributed by atoms with Gasteiger partial charge in [-0.2, -0.15) is 0 Å². The Labute approximate surface area is 179 Å². The van der Waals surface area contributed by atoms with Gasteiger partial charge in [-0.3, -0.25) is 0 Å². The van der Waals surface area contributed by atoms with Gasteiger partial charge < -0.3 is 19.3 Å². The molecular formula is C25H22O4S. The molecule has 0 spiro atoms. The minimum absolute atomic E-state index is 0.241. The van der Waals surface area contributed by atoms with Crippen molar-refractivity contribution in [2.45, 2.75) is 0 Å². The standard InChI is InChI=1S/C25H22O4S/c1-15(17-13-20(27-2)24(29-4)21(14-17)28-3)23-19-7-5-6-8-22(19)30-25(23)16-9-11-18(26)12-10-16/h5-14,26H,1H2,2-4H3. The van der Waals surface area contributed by atoms with Crippen molar-refractivity contribution in [2.24, 2.45) is 0 Å². The van der Waals surface area contributed by atoms with E-state index in [0.29, 0.717) is 17.2 Å². The monoisotopic (exact) mass is 418 g/mol. The minimum Gasteiger partial charge on any atom is -0.508 e. The molecule has 0 saturated carbocycles. The second kappa shape index (κ2) is 8.13. The molecular weight excluding hydrogens is 396 g/mol. The molecule has 4 rings (SSSR count). The van der Waals surface area contributed by atoms with Crippen LogP contribution in [-0.2, 0) is 0 Å². The summed E-state index contributed by atoms with van der Waals surface area (Å²) in [7, 11) is 4.79. The Morgan fingerprint density at radius 2 is 1.50 bits per heavy atom. The summed E-state index contributed by atoms with van der Waals surface area (Å²) in [5, 5.41) is 10.8. The van der Waals surface area contributed by atoms with E-state index in [9.17, 15) is 5.11 Å². The van der Waals surface area contributed by atoms with E-state index in [1.807, 2.05) is 36.4 Å². The molecule has 30 heavy (non-hydrogen) atoms. The van der Waals surface area contributed by atoms with Gasteiger partial charge in [-0.05, 0) is 59.2 Å². The fourth-order valence-corrected chi connectivity index (χ4v) is 4.80. The molecule has 1 N–H and O–H groups in total. The summed E-state index contributed by atoms with van der Waals surface area (Å²) in [4.78, 5) is 1.09. The summed E-state index contributed by atoms with van der Waals surface area (Å²) in [6, 6.07) is 19.3. The van der Waals surface area contributed by atoms with Gasteiger partial charge >= 0.3 is 0 Å². The lowest BCUT2D eigenvalue weighted by molar-refractivity contribution is 0.324. The van der Waals surface area contributed by atoms with Gasteiger partial charge in [0.05, 0.1) is 21.3 Å². The zero-order chi connectivity index (χ0) is 21.3. The van der Waals surface area contributed by atoms with Crippen LogP contribution in [0.25, 0.3) is 26.1 Å². The molecule has 152 valence electrons. The van der Waals surface area contributed by atoms with Gasteiger partial charge in [0.25, 0.3) is 0 Å². The van der Waals surface area contributed by atoms with Gasteiger partial charge in [0.15, 0.2) is 11.5 Å². The maximum Gasteiger partial charge on any atom is 0.203 e. The SMILES string of the molecule is C=C(c1cc(OC)c(OC)c(OC)c1)c1c(-c2ccc(O)cc2)sc2ccccc12. The van der Waals surface area contributed by atoms with Crippen LogP contribution in [0.1, 0.15) is 11.1 Å². The molecule has 0 unspecified atom stereocenters. The minimum atomic E-state index is 0.241. The van der Waals surface area contributed by atoms with E-state index in [2.05, 4.69) is 18.7 Å². The first kappa shape index (κ1) is 19.9. The average molecular weight is 419 g/mol. The fourth-order valence-electron chi connectivity index (χ4n) is 3.56. The molecule has 0 aliphatic carbocycles. The number of aromatic hydroxyl groups is 1. The van der Waals surface area contributed by atoms with Gasteiger partial charge in [0.1, 0.15) is 5.75 Å². The first-order chi connectivity index (χ1) is 14.6. The molecule has 1 heterocycles. The summed E-state index contributed by atoms with van der Waals surface area (Å²) in [6.45, 7) is 4.43. The third-order valence-corrected chi connectivity index (χ3v) is 6.26. The van der Waals surface area contributed by atoms with Gasteiger partial charge in [-0.15, -0.1) is 11.3 Å². The van der Waals surface area contributed by atoms with Crippen LogP contribution in [0, 0.1) is 0 Å². The summed E-state index contributed by atoms with van der Waals surface area (Å²) in [6.07, 6.45) is 0. The van der Waals surface area contributed by atoms with Crippen molar-refractivity contribution in [1.29, 1.82) is 0 Å². The van der Waals surface area contributed by atoms with E-state index in [1.165, 1.54) is 4.70 Å². The van der Waals surface area contributed by atoms with E-state index in [-0.39, 0.29) is 5.75 Å². The topological polar surface area (TPSA) is 47.9 Å². The lowest BCUT2D eigenvalue weighted by Gasteiger charge is -2.16. The maximum atomic E-state index is 9.71. The van der Waals surface area contributed by atoms with Crippen LogP contribution in [0.2, 0.25) is 0 Å². The zero-order valence-electron chi connectivity index (χ0n) is 17.1. The molecule has 0 amide bonds. The van der Waals surface area contributed by atoms with Crippen LogP contribution in [0.15, 0.2) is 67.2 Å². The third-order valence-electron chi connectivity index (χ3n) is 5.04. The number of thiophene rings is 1. The van der Waals surface area contributed by atoms with E-state index >= 15 is 0 Å². The Morgan fingerprint density at radius 1 is 0.867 bits per heavy atom. The zero-order valence-corrected chi connectivity index (χ0v) is 17.9. The molecule has 0 atom stereocenters. The van der Waals surface area contributed by atoms with E-state index in [4.69, 9.17) is 14.2 Å². The highest BCUT2D eigenvalue weighted by Crippen LogP contribution is 2.46. The predicted molar refractivity (Wildman–Crippen MR) is 123 cm³/mol. The van der Waals surface area contributed by atoms with Crippen molar-refractivity contribution < 1.29 is 19.3 Å². The fraction of sp³-hybridized carbons (Fsp3) is 0.120. The highest BCUT2D eigenvalue weighted by molar-refractivity contribution is 7.22. The molecule has 3 aromatic carbocycles. The molecule has 0 aliphatic rings. The summed E-state index contributed by atoms with van der Waals surface area (Å²) in [5.74, 6) is 1.95. The Balaban J connectivity index is 1.94. The molecule has 0 saturated heterocycles. The average Bonchev–Trinajstić information content (AvgIpc) is 3.17. The van der Waals surface area contributed by atoms with Gasteiger partial charge in [0.2, 0.25) is 5.75 Å². The van der Waals surface area contributed by atoms with Crippen molar-refractivity contribution >= 4 is 27.0 Å². The van der Waals surface area contributed by atoms with Crippen LogP contribution in [0.3, 0.4) is 0 Å². The van der Waals surface area contributed by atoms with Gasteiger partial charge in [-0.1, -0.05) is 24.8 Å². The molecule has 0 radical (unpaired) electrons. The van der Waals surface area contributed by atoms with Crippen molar-refractivity contribution in [3.63, 3.8) is 0 Å². The van der Waals surface area contributed by atoms with E-state index in [0.717, 1.165) is 32.5 Å². The van der Waals surface area contributed by atoms with Crippen LogP contribution in [-0.4, -0.2) is 26.4 Å². The highest BCUT2D eigenvalue weighted by atomic mass is 32.1. The summed E-state index contributed by atoms with van der Waals surface area (Å²) in [5.41, 5.74) is 3.82. The second-order valence-corrected chi connectivity index (χ2v) is 7.79. The van der Waals surface area contributed by atoms with Gasteiger partial charge in [-0.25, -0.2) is 0 Å². The number of rotatable bonds is 6. The molecule has 0 fully saturated rings. The number of methoxy groups -OCH3 is 3. The first-order valence-corrected chi connectivity index (χ1v) is 10.2. The quantitative estimate of drug-likeness (QED) is 0.396. The van der Waals surface area contributed by atoms with Crippen molar-refractivity contribution in [1.82, 2.24) is 0 Å². The number of hydrogen-bond acceptors (Lipinski definition) is 5. The summed E-state index contributed by atoms with van der Waals surface area (Å²) < 4.78 is 17.7. The number of hydrogen-bond donors (Lipinski definition) is 1. The maximum absolute atomic E-state index is 9.71. The lowest BCUT2D eigenvalue weighted by atomic mass is 9.94. The van der Waals surface area contributed by atoms with Crippen molar-refractivity contribution in [2.75, 3.05) is 21.3 Å². The third kappa shape index (κ3) is 3.37. The molecule has 4 nitrogen and oxygen atoms in total. The predicted octanol–water partition coefficient (Wildman–Crippen LogP) is 6.36. The van der Waals surface area contributed by atoms with Crippen molar-refractivity contribution in [3.8, 4) is 33.4 Å². The number of ether oxygens (including phenoxy) is 3. The Bertz CT molecular complexity index is 1200. The number of phenols is 1. The van der Waals surface area contributed by atoms with Crippen molar-refractivity contribution in [3.05, 3.63) is 78.4 Å². The lowest BCUT2D eigenvalue weighted by Crippen LogP contribution is -1.97. The van der Waals surface area contributed by atoms with Crippen LogP contribution in [0.5, 0.6) is 23.0 Å². The second-order valence-electron chi connectivity index (χ2n) is 6.74. The normalized spacial score (nSPS) is 10.8. The largest absolute Gasteiger partial charge is 0.508 e. The Kier molecular flexibility index (Phi) is 5.38. The van der Waals surface area contributed by atoms with Gasteiger partial charge in [0, 0.05) is 20.5 Å². The molecule has 0 bridgehead atoms. The van der Waals surface area contributed by atoms with E-state index < -0.39 is 0 Å². The van der Waals surface area contributed by atoms with Crippen LogP contribution >= 0.6 is 11.3 Å². The molecule has 0 aliphatic heterocycles. The molecule has 4 aromatic rings.